The Labute approximate surface area is 146 Å². The molecule has 126 valence electrons. The van der Waals surface area contributed by atoms with E-state index in [4.69, 9.17) is 0 Å². The Balaban J connectivity index is 1.95. The second-order valence-electron chi connectivity index (χ2n) is 6.14. The minimum atomic E-state index is -1.26. The average Bonchev–Trinajstić information content (AvgIpc) is 2.95. The maximum atomic E-state index is 12.7. The summed E-state index contributed by atoms with van der Waals surface area (Å²) in [6.45, 7) is 4.18. The number of benzene rings is 1. The number of hydrogen-bond acceptors (Lipinski definition) is 4. The molecule has 0 spiro atoms. The number of nitrogens with zero attached hydrogens (tertiary/aromatic N) is 2. The number of rotatable bonds is 3. The lowest BCUT2D eigenvalue weighted by Gasteiger charge is -2.27. The van der Waals surface area contributed by atoms with Gasteiger partial charge in [0.25, 0.3) is 4.83 Å². The minimum Gasteiger partial charge on any atom is -0.500 e. The number of anilines is 3. The van der Waals surface area contributed by atoms with E-state index in [2.05, 4.69) is 24.1 Å². The Bertz CT molecular complexity index is 1030. The summed E-state index contributed by atoms with van der Waals surface area (Å²) >= 11 is 0. The quantitative estimate of drug-likeness (QED) is 0.722. The van der Waals surface area contributed by atoms with E-state index in [1.807, 2.05) is 24.3 Å². The highest BCUT2D eigenvalue weighted by Gasteiger charge is 2.34. The molecule has 2 amide bonds. The van der Waals surface area contributed by atoms with Gasteiger partial charge in [-0.1, -0.05) is 26.0 Å². The molecule has 2 aromatic heterocycles. The third-order valence-corrected chi connectivity index (χ3v) is 5.82. The zero-order valence-electron chi connectivity index (χ0n) is 13.6. The molecule has 4 rings (SSSR count). The fraction of sp³-hybridized carbons (Fsp3) is 0.167. The van der Waals surface area contributed by atoms with Crippen molar-refractivity contribution in [1.82, 2.24) is 4.98 Å². The average molecular weight is 353 g/mol. The third-order valence-electron chi connectivity index (χ3n) is 4.27. The second-order valence-corrected chi connectivity index (χ2v) is 7.78. The number of nitrogens with one attached hydrogen (secondary N) is 1. The van der Waals surface area contributed by atoms with E-state index in [0.29, 0.717) is 27.5 Å². The van der Waals surface area contributed by atoms with E-state index in [0.717, 1.165) is 11.3 Å². The van der Waals surface area contributed by atoms with Gasteiger partial charge in [-0.2, -0.15) is 0 Å². The molecule has 6 nitrogen and oxygen atoms in total. The van der Waals surface area contributed by atoms with Crippen molar-refractivity contribution in [1.29, 1.82) is 0 Å². The lowest BCUT2D eigenvalue weighted by Crippen LogP contribution is -2.33. The molecule has 1 aliphatic heterocycles. The lowest BCUT2D eigenvalue weighted by atomic mass is 10.0. The van der Waals surface area contributed by atoms with Crippen LogP contribution in [0.25, 0.3) is 10.2 Å². The highest BCUT2D eigenvalue weighted by atomic mass is 32.2. The molecule has 1 N–H and O–H groups in total. The smallest absolute Gasteiger partial charge is 0.331 e. The fourth-order valence-corrected chi connectivity index (χ4v) is 4.44. The van der Waals surface area contributed by atoms with Crippen LogP contribution in [0, 0.1) is 0 Å². The fourth-order valence-electron chi connectivity index (χ4n) is 3.05. The van der Waals surface area contributed by atoms with E-state index >= 15 is 0 Å². The topological polar surface area (TPSA) is 85.4 Å². The van der Waals surface area contributed by atoms with Gasteiger partial charge in [0.05, 0.1) is 21.8 Å². The van der Waals surface area contributed by atoms with Crippen molar-refractivity contribution >= 4 is 49.1 Å². The first-order valence-corrected chi connectivity index (χ1v) is 9.12. The molecule has 0 saturated heterocycles. The van der Waals surface area contributed by atoms with Crippen LogP contribution in [0.5, 0.6) is 0 Å². The van der Waals surface area contributed by atoms with Crippen molar-refractivity contribution in [3.05, 3.63) is 47.5 Å². The molecule has 3 aromatic rings. The number of hydrogen-bond donors (Lipinski definition) is 1. The molecule has 7 heteroatoms. The summed E-state index contributed by atoms with van der Waals surface area (Å²) < 4.78 is 0. The first-order chi connectivity index (χ1) is 12.0. The Morgan fingerprint density at radius 3 is 2.84 bits per heavy atom. The van der Waals surface area contributed by atoms with E-state index in [-0.39, 0.29) is 6.03 Å². The number of thiophene rings is 1. The van der Waals surface area contributed by atoms with Gasteiger partial charge in [0.1, 0.15) is 11.1 Å². The lowest BCUT2D eigenvalue weighted by molar-refractivity contribution is -0.233. The second kappa shape index (κ2) is 5.56. The molecular weight excluding hydrogens is 338 g/mol. The molecule has 0 saturated carbocycles. The zero-order chi connectivity index (χ0) is 17.7. The van der Waals surface area contributed by atoms with E-state index in [1.54, 1.807) is 11.0 Å². The predicted octanol–water partition coefficient (Wildman–Crippen LogP) is 3.98. The van der Waals surface area contributed by atoms with E-state index in [9.17, 15) is 14.7 Å². The van der Waals surface area contributed by atoms with Crippen LogP contribution in [0.3, 0.4) is 0 Å². The van der Waals surface area contributed by atoms with Gasteiger partial charge < -0.3 is 15.2 Å². The predicted molar refractivity (Wildman–Crippen MR) is 96.7 cm³/mol. The van der Waals surface area contributed by atoms with Crippen LogP contribution in [0.2, 0.25) is 0 Å². The monoisotopic (exact) mass is 353 g/mol. The van der Waals surface area contributed by atoms with Crippen molar-refractivity contribution < 1.29 is 14.7 Å². The molecule has 0 radical (unpaired) electrons. The van der Waals surface area contributed by atoms with Crippen LogP contribution in [-0.4, -0.2) is 16.3 Å². The van der Waals surface area contributed by atoms with Crippen LogP contribution in [-0.2, 0) is 0 Å². The van der Waals surface area contributed by atoms with Gasteiger partial charge >= 0.3 is 11.3 Å². The number of carboxylic acid groups (broad SMARTS) is 1. The number of amides is 2. The molecule has 1 unspecified atom stereocenters. The molecular formula is C18H15N3O3S. The Kier molecular flexibility index (Phi) is 3.47. The first kappa shape index (κ1) is 15.6. The third kappa shape index (κ3) is 2.35. The Hall–Kier alpha value is -2.93. The molecule has 1 aliphatic rings. The van der Waals surface area contributed by atoms with Crippen LogP contribution < -0.4 is 15.3 Å². The van der Waals surface area contributed by atoms with Gasteiger partial charge in [0, 0.05) is 6.20 Å². The molecule has 0 bridgehead atoms. The number of carbonyl (C=O) groups excluding carboxylic acids is 2. The van der Waals surface area contributed by atoms with Gasteiger partial charge in [-0.3, -0.25) is 4.90 Å². The molecule has 0 aliphatic carbocycles. The largest absolute Gasteiger partial charge is 0.500 e. The number of urea groups is 1. The van der Waals surface area contributed by atoms with Gasteiger partial charge in [0.2, 0.25) is 0 Å². The highest BCUT2D eigenvalue weighted by molar-refractivity contribution is 7.54. The van der Waals surface area contributed by atoms with Crippen molar-refractivity contribution in [2.45, 2.75) is 19.8 Å². The van der Waals surface area contributed by atoms with Crippen LogP contribution >= 0.6 is 10.5 Å². The molecule has 3 heterocycles. The van der Waals surface area contributed by atoms with Gasteiger partial charge in [0.15, 0.2) is 5.38 Å². The zero-order valence-corrected chi connectivity index (χ0v) is 14.5. The summed E-state index contributed by atoms with van der Waals surface area (Å²) in [5, 5.41) is 15.1. The Morgan fingerprint density at radius 2 is 2.12 bits per heavy atom. The maximum Gasteiger partial charge on any atom is 0.331 e. The first-order valence-electron chi connectivity index (χ1n) is 7.83. The van der Waals surface area contributed by atoms with Crippen LogP contribution in [0.15, 0.2) is 41.9 Å². The summed E-state index contributed by atoms with van der Waals surface area (Å²) in [7, 11) is -1.26. The van der Waals surface area contributed by atoms with Crippen LogP contribution in [0.1, 0.15) is 25.3 Å². The minimum absolute atomic E-state index is 0.319. The molecule has 25 heavy (non-hydrogen) atoms. The Morgan fingerprint density at radius 1 is 1.32 bits per heavy atom. The molecule has 1 aromatic carbocycles. The molecule has 1 atom stereocenters. The highest BCUT2D eigenvalue weighted by Crippen LogP contribution is 2.46. The van der Waals surface area contributed by atoms with Crippen molar-refractivity contribution in [2.24, 2.45) is 0 Å². The normalized spacial score (nSPS) is 14.1. The standard InChI is InChI=1S/C18H15N3O3S/c1-10(2)11-4-3-5-12(8-11)21-14-6-7-19-16-15(14)13(20-17(21)22)9-25(16)18(23)24/h3-10H,1-2H3,(H-,20,22,23,24). The van der Waals surface area contributed by atoms with Crippen LogP contribution in [0.4, 0.5) is 26.7 Å². The van der Waals surface area contributed by atoms with Crippen molar-refractivity contribution in [2.75, 3.05) is 10.2 Å². The summed E-state index contributed by atoms with van der Waals surface area (Å²) in [5.74, 6) is 0.329. The number of carbonyl (C=O) groups is 2. The SMILES string of the molecule is CC(C)c1cccc(N2C(=O)Nc3c[s+](C(=O)[O-])c4nccc2c34)c1. The van der Waals surface area contributed by atoms with Crippen molar-refractivity contribution in [3.8, 4) is 0 Å². The summed E-state index contributed by atoms with van der Waals surface area (Å²) in [6.07, 6.45) is 1.53. The van der Waals surface area contributed by atoms with Gasteiger partial charge in [-0.15, -0.1) is 0 Å². The van der Waals surface area contributed by atoms with E-state index in [1.165, 1.54) is 11.6 Å². The number of pyridine rings is 1. The summed E-state index contributed by atoms with van der Waals surface area (Å²) in [4.78, 5) is 30.3. The van der Waals surface area contributed by atoms with Gasteiger partial charge in [-0.25, -0.2) is 9.78 Å². The summed E-state index contributed by atoms with van der Waals surface area (Å²) in [5.41, 5.74) is 2.98. The van der Waals surface area contributed by atoms with Gasteiger partial charge in [-0.05, 0) is 29.7 Å². The van der Waals surface area contributed by atoms with E-state index < -0.39 is 15.8 Å². The molecule has 0 fully saturated rings. The summed E-state index contributed by atoms with van der Waals surface area (Å²) in [6, 6.07) is 9.18. The number of aromatic nitrogens is 1. The van der Waals surface area contributed by atoms with Crippen molar-refractivity contribution in [3.63, 3.8) is 0 Å². The maximum absolute atomic E-state index is 12.7.